The number of sulfonamides is 1. The number of ether oxygens (including phenoxy) is 2. The molecule has 23 heavy (non-hydrogen) atoms. The minimum absolute atomic E-state index is 0.136. The first-order valence-corrected chi connectivity index (χ1v) is 9.70. The Bertz CT molecular complexity index is 654. The van der Waals surface area contributed by atoms with Gasteiger partial charge in [-0.2, -0.15) is 4.31 Å². The van der Waals surface area contributed by atoms with E-state index in [1.165, 1.54) is 0 Å². The summed E-state index contributed by atoms with van der Waals surface area (Å²) >= 11 is 0. The van der Waals surface area contributed by atoms with Crippen molar-refractivity contribution in [3.05, 3.63) is 30.1 Å². The molecule has 1 aromatic rings. The third-order valence-electron chi connectivity index (χ3n) is 5.13. The molecule has 4 rings (SSSR count). The fourth-order valence-electron chi connectivity index (χ4n) is 3.48. The Labute approximate surface area is 136 Å². The smallest absolute Gasteiger partial charge is 0.217 e. The number of hydrogen-bond acceptors (Lipinski definition) is 5. The lowest BCUT2D eigenvalue weighted by Gasteiger charge is -2.49. The van der Waals surface area contributed by atoms with Gasteiger partial charge in [0.05, 0.1) is 18.5 Å². The first-order valence-electron chi connectivity index (χ1n) is 8.20. The topological polar surface area (TPSA) is 68.7 Å². The molecule has 1 unspecified atom stereocenters. The molecule has 6 nitrogen and oxygen atoms in total. The molecular weight excluding hydrogens is 316 g/mol. The fourth-order valence-corrected chi connectivity index (χ4v) is 5.43. The standard InChI is InChI=1S/C16H22N2O4S/c19-23(20,15-1-2-15)18-11-16(12-18)14(5-8-22-16)10-21-9-13-3-6-17-7-4-13/h3-4,6-7,14-15H,1-2,5,8-12H2. The second kappa shape index (κ2) is 5.81. The van der Waals surface area contributed by atoms with Crippen LogP contribution in [-0.4, -0.2) is 54.9 Å². The van der Waals surface area contributed by atoms with Crippen LogP contribution in [0.4, 0.5) is 0 Å². The van der Waals surface area contributed by atoms with Crippen molar-refractivity contribution < 1.29 is 17.9 Å². The van der Waals surface area contributed by atoms with E-state index in [-0.39, 0.29) is 16.8 Å². The van der Waals surface area contributed by atoms with Crippen LogP contribution in [0, 0.1) is 5.92 Å². The molecule has 126 valence electrons. The normalized spacial score (nSPS) is 27.2. The first-order chi connectivity index (χ1) is 11.1. The Hall–Kier alpha value is -1.02. The summed E-state index contributed by atoms with van der Waals surface area (Å²) in [6.07, 6.45) is 6.07. The van der Waals surface area contributed by atoms with Gasteiger partial charge in [-0.15, -0.1) is 0 Å². The van der Waals surface area contributed by atoms with Gasteiger partial charge >= 0.3 is 0 Å². The van der Waals surface area contributed by atoms with Crippen molar-refractivity contribution in [3.8, 4) is 0 Å². The Morgan fingerprint density at radius 1 is 1.26 bits per heavy atom. The quantitative estimate of drug-likeness (QED) is 0.779. The highest BCUT2D eigenvalue weighted by molar-refractivity contribution is 7.90. The van der Waals surface area contributed by atoms with Gasteiger partial charge in [-0.25, -0.2) is 8.42 Å². The first kappa shape index (κ1) is 15.5. The van der Waals surface area contributed by atoms with Gasteiger partial charge in [0.2, 0.25) is 10.0 Å². The van der Waals surface area contributed by atoms with Crippen LogP contribution in [0.3, 0.4) is 0 Å². The summed E-state index contributed by atoms with van der Waals surface area (Å²) in [5.74, 6) is 0.273. The van der Waals surface area contributed by atoms with E-state index in [2.05, 4.69) is 4.98 Å². The molecule has 0 radical (unpaired) electrons. The van der Waals surface area contributed by atoms with Gasteiger partial charge in [0.25, 0.3) is 0 Å². The molecule has 2 saturated heterocycles. The highest BCUT2D eigenvalue weighted by atomic mass is 32.2. The molecule has 0 N–H and O–H groups in total. The highest BCUT2D eigenvalue weighted by Gasteiger charge is 2.58. The maximum atomic E-state index is 12.3. The molecule has 3 heterocycles. The SMILES string of the molecule is O=S(=O)(C1CC1)N1CC2(C1)OCCC2COCc1ccncc1. The van der Waals surface area contributed by atoms with Crippen LogP contribution in [-0.2, 0) is 26.1 Å². The van der Waals surface area contributed by atoms with Crippen molar-refractivity contribution in [1.29, 1.82) is 0 Å². The number of rotatable bonds is 6. The Kier molecular flexibility index (Phi) is 3.91. The van der Waals surface area contributed by atoms with Crippen molar-refractivity contribution in [1.82, 2.24) is 9.29 Å². The summed E-state index contributed by atoms with van der Waals surface area (Å²) in [6, 6.07) is 3.88. The third kappa shape index (κ3) is 2.91. The van der Waals surface area contributed by atoms with Gasteiger partial charge in [0.1, 0.15) is 5.60 Å². The Morgan fingerprint density at radius 3 is 2.70 bits per heavy atom. The minimum Gasteiger partial charge on any atom is -0.376 e. The molecule has 1 atom stereocenters. The molecule has 3 fully saturated rings. The number of aromatic nitrogens is 1. The molecular formula is C16H22N2O4S. The molecule has 7 heteroatoms. The Balaban J connectivity index is 1.31. The van der Waals surface area contributed by atoms with E-state index in [0.29, 0.717) is 32.9 Å². The van der Waals surface area contributed by atoms with E-state index in [1.807, 2.05) is 12.1 Å². The maximum absolute atomic E-state index is 12.3. The van der Waals surface area contributed by atoms with Crippen molar-refractivity contribution in [2.45, 2.75) is 36.7 Å². The van der Waals surface area contributed by atoms with Crippen LogP contribution >= 0.6 is 0 Å². The van der Waals surface area contributed by atoms with E-state index in [0.717, 1.165) is 24.8 Å². The van der Waals surface area contributed by atoms with E-state index >= 15 is 0 Å². The van der Waals surface area contributed by atoms with Gasteiger partial charge in [0, 0.05) is 38.0 Å². The van der Waals surface area contributed by atoms with Gasteiger partial charge < -0.3 is 9.47 Å². The maximum Gasteiger partial charge on any atom is 0.217 e. The molecule has 1 aliphatic carbocycles. The van der Waals surface area contributed by atoms with E-state index in [1.54, 1.807) is 16.7 Å². The Morgan fingerprint density at radius 2 is 2.00 bits per heavy atom. The molecule has 0 amide bonds. The summed E-state index contributed by atoms with van der Waals surface area (Å²) < 4.78 is 37.9. The van der Waals surface area contributed by atoms with Crippen LogP contribution in [0.25, 0.3) is 0 Å². The van der Waals surface area contributed by atoms with E-state index in [9.17, 15) is 8.42 Å². The van der Waals surface area contributed by atoms with Gasteiger partial charge in [-0.3, -0.25) is 4.98 Å². The summed E-state index contributed by atoms with van der Waals surface area (Å²) in [4.78, 5) is 3.99. The molecule has 3 aliphatic rings. The fraction of sp³-hybridized carbons (Fsp3) is 0.688. The predicted octanol–water partition coefficient (Wildman–Crippen LogP) is 1.18. The summed E-state index contributed by atoms with van der Waals surface area (Å²) in [6.45, 7) is 2.85. The molecule has 1 saturated carbocycles. The zero-order valence-corrected chi connectivity index (χ0v) is 13.9. The van der Waals surface area contributed by atoms with Crippen molar-refractivity contribution in [3.63, 3.8) is 0 Å². The van der Waals surface area contributed by atoms with E-state index < -0.39 is 10.0 Å². The lowest BCUT2D eigenvalue weighted by Crippen LogP contribution is -2.67. The number of nitrogens with zero attached hydrogens (tertiary/aromatic N) is 2. The second-order valence-electron chi connectivity index (χ2n) is 6.78. The number of pyridine rings is 1. The van der Waals surface area contributed by atoms with Gasteiger partial charge in [-0.05, 0) is 37.0 Å². The zero-order chi connectivity index (χ0) is 15.9. The van der Waals surface area contributed by atoms with Crippen molar-refractivity contribution >= 4 is 10.0 Å². The molecule has 0 bridgehead atoms. The van der Waals surface area contributed by atoms with Crippen LogP contribution < -0.4 is 0 Å². The average molecular weight is 338 g/mol. The minimum atomic E-state index is -3.07. The third-order valence-corrected chi connectivity index (χ3v) is 7.42. The molecule has 1 spiro atoms. The highest BCUT2D eigenvalue weighted by Crippen LogP contribution is 2.44. The lowest BCUT2D eigenvalue weighted by molar-refractivity contribution is -0.115. The number of hydrogen-bond donors (Lipinski definition) is 0. The summed E-state index contributed by atoms with van der Waals surface area (Å²) in [5.41, 5.74) is 0.778. The molecule has 2 aliphatic heterocycles. The van der Waals surface area contributed by atoms with Crippen LogP contribution in [0.2, 0.25) is 0 Å². The predicted molar refractivity (Wildman–Crippen MR) is 84.2 cm³/mol. The van der Waals surface area contributed by atoms with E-state index in [4.69, 9.17) is 9.47 Å². The van der Waals surface area contributed by atoms with Crippen molar-refractivity contribution in [2.24, 2.45) is 5.92 Å². The van der Waals surface area contributed by atoms with Crippen LogP contribution in [0.1, 0.15) is 24.8 Å². The molecule has 1 aromatic heterocycles. The van der Waals surface area contributed by atoms with Gasteiger partial charge in [0.15, 0.2) is 0 Å². The van der Waals surface area contributed by atoms with Crippen LogP contribution in [0.15, 0.2) is 24.5 Å². The van der Waals surface area contributed by atoms with Crippen molar-refractivity contribution in [2.75, 3.05) is 26.3 Å². The summed E-state index contributed by atoms with van der Waals surface area (Å²) in [5, 5.41) is -0.136. The monoisotopic (exact) mass is 338 g/mol. The molecule has 0 aromatic carbocycles. The zero-order valence-electron chi connectivity index (χ0n) is 13.1. The average Bonchev–Trinajstić information content (AvgIpc) is 3.28. The largest absolute Gasteiger partial charge is 0.376 e. The van der Waals surface area contributed by atoms with Gasteiger partial charge in [-0.1, -0.05) is 0 Å². The van der Waals surface area contributed by atoms with Crippen LogP contribution in [0.5, 0.6) is 0 Å². The second-order valence-corrected chi connectivity index (χ2v) is 8.99. The summed E-state index contributed by atoms with van der Waals surface area (Å²) in [7, 11) is -3.07. The lowest BCUT2D eigenvalue weighted by atomic mass is 9.83.